The molecule has 1 aliphatic heterocycles. The Labute approximate surface area is 249 Å². The first kappa shape index (κ1) is 24.3. The van der Waals surface area contributed by atoms with Gasteiger partial charge in [0.1, 0.15) is 11.2 Å². The first-order valence-corrected chi connectivity index (χ1v) is 14.9. The second kappa shape index (κ2) is 9.35. The smallest absolute Gasteiger partial charge is 0.135 e. The standard InChI is InChI=1S/C39H29N3O/c40-39(26-19-22-36-31(23-26)29-13-6-8-16-35(29)43-36)30-14-5-7-15-32(30)41-42-33-20-17-24-9-1-3-11-27(24)37(33)38-28-12-4-2-10-25(28)18-21-34(38)42/h1-23,27,32,37,41H,40H2/b39-30-. The molecule has 0 radical (unpaired) electrons. The number of nitrogens with one attached hydrogen (secondary N) is 1. The Bertz CT molecular complexity index is 2200. The maximum atomic E-state index is 6.99. The van der Waals surface area contributed by atoms with E-state index in [1.807, 2.05) is 24.3 Å². The van der Waals surface area contributed by atoms with Crippen LogP contribution < -0.4 is 16.2 Å². The maximum Gasteiger partial charge on any atom is 0.135 e. The highest BCUT2D eigenvalue weighted by molar-refractivity contribution is 6.05. The van der Waals surface area contributed by atoms with Crippen LogP contribution in [0.5, 0.6) is 0 Å². The highest BCUT2D eigenvalue weighted by atomic mass is 16.3. The van der Waals surface area contributed by atoms with Gasteiger partial charge in [0.25, 0.3) is 0 Å². The van der Waals surface area contributed by atoms with Crippen LogP contribution in [0.1, 0.15) is 17.0 Å². The summed E-state index contributed by atoms with van der Waals surface area (Å²) in [7, 11) is 0. The summed E-state index contributed by atoms with van der Waals surface area (Å²) in [6, 6.07) is 27.5. The zero-order chi connectivity index (χ0) is 28.5. The molecule has 3 aliphatic carbocycles. The van der Waals surface area contributed by atoms with E-state index in [1.54, 1.807) is 0 Å². The number of para-hydroxylation sites is 1. The fourth-order valence-electron chi connectivity index (χ4n) is 7.25. The molecule has 2 heterocycles. The quantitative estimate of drug-likeness (QED) is 0.234. The van der Waals surface area contributed by atoms with Crippen molar-refractivity contribution in [2.75, 3.05) is 5.01 Å². The number of benzene rings is 4. The van der Waals surface area contributed by atoms with E-state index in [4.69, 9.17) is 10.2 Å². The molecule has 0 spiro atoms. The number of furan rings is 1. The van der Waals surface area contributed by atoms with Gasteiger partial charge in [-0.05, 0) is 69.5 Å². The molecule has 0 saturated carbocycles. The van der Waals surface area contributed by atoms with Crippen LogP contribution in [0.15, 0.2) is 161 Å². The number of hydrogen-bond donors (Lipinski definition) is 2. The largest absolute Gasteiger partial charge is 0.456 e. The highest BCUT2D eigenvalue weighted by Gasteiger charge is 2.42. The van der Waals surface area contributed by atoms with E-state index in [0.29, 0.717) is 5.92 Å². The lowest BCUT2D eigenvalue weighted by molar-refractivity contribution is 0.595. The third kappa shape index (κ3) is 3.67. The summed E-state index contributed by atoms with van der Waals surface area (Å²) in [6.45, 7) is 0. The van der Waals surface area contributed by atoms with Gasteiger partial charge in [0, 0.05) is 34.0 Å². The molecule has 0 bridgehead atoms. The molecule has 9 rings (SSSR count). The fraction of sp³-hybridized carbons (Fsp3) is 0.0769. The van der Waals surface area contributed by atoms with E-state index in [9.17, 15) is 0 Å². The van der Waals surface area contributed by atoms with Crippen LogP contribution in [-0.4, -0.2) is 6.04 Å². The molecule has 0 fully saturated rings. The molecule has 4 aliphatic rings. The summed E-state index contributed by atoms with van der Waals surface area (Å²) < 4.78 is 6.07. The molecule has 43 heavy (non-hydrogen) atoms. The average Bonchev–Trinajstić information content (AvgIpc) is 3.60. The fourth-order valence-corrected chi connectivity index (χ4v) is 7.25. The zero-order valence-corrected chi connectivity index (χ0v) is 23.4. The van der Waals surface area contributed by atoms with Crippen molar-refractivity contribution in [2.24, 2.45) is 11.7 Å². The van der Waals surface area contributed by atoms with Gasteiger partial charge in [-0.25, -0.2) is 5.43 Å². The van der Waals surface area contributed by atoms with Crippen molar-refractivity contribution in [1.82, 2.24) is 5.43 Å². The summed E-state index contributed by atoms with van der Waals surface area (Å²) in [5.74, 6) is 0.513. The van der Waals surface area contributed by atoms with E-state index in [2.05, 4.69) is 126 Å². The van der Waals surface area contributed by atoms with E-state index < -0.39 is 0 Å². The lowest BCUT2D eigenvalue weighted by Gasteiger charge is -2.33. The van der Waals surface area contributed by atoms with Crippen molar-refractivity contribution >= 4 is 44.1 Å². The summed E-state index contributed by atoms with van der Waals surface area (Å²) in [4.78, 5) is 0. The van der Waals surface area contributed by atoms with Crippen LogP contribution in [0.3, 0.4) is 0 Å². The minimum absolute atomic E-state index is 0.118. The molecular formula is C39H29N3O. The van der Waals surface area contributed by atoms with Gasteiger partial charge in [-0.1, -0.05) is 103 Å². The molecular weight excluding hydrogens is 526 g/mol. The predicted octanol–water partition coefficient (Wildman–Crippen LogP) is 8.58. The molecule has 4 aromatic carbocycles. The van der Waals surface area contributed by atoms with Crippen molar-refractivity contribution < 1.29 is 4.42 Å². The van der Waals surface area contributed by atoms with Crippen LogP contribution in [0.2, 0.25) is 0 Å². The summed E-state index contributed by atoms with van der Waals surface area (Å²) >= 11 is 0. The molecule has 206 valence electrons. The molecule has 0 saturated heterocycles. The van der Waals surface area contributed by atoms with Gasteiger partial charge in [-0.3, -0.25) is 5.01 Å². The SMILES string of the molecule is N/C(=C1/C=CC=CC1NN1C2=CC=C3C=CC=CC3C2c2c1ccc1ccccc21)c1ccc2oc3ccccc3c2c1. The number of hydrogen-bond acceptors (Lipinski definition) is 4. The number of fused-ring (bicyclic) bond motifs is 10. The van der Waals surface area contributed by atoms with E-state index in [-0.39, 0.29) is 12.0 Å². The van der Waals surface area contributed by atoms with Crippen LogP contribution >= 0.6 is 0 Å². The van der Waals surface area contributed by atoms with Gasteiger partial charge in [-0.2, -0.15) is 0 Å². The lowest BCUT2D eigenvalue weighted by Crippen LogP contribution is -2.44. The monoisotopic (exact) mass is 555 g/mol. The van der Waals surface area contributed by atoms with Gasteiger partial charge >= 0.3 is 0 Å². The highest BCUT2D eigenvalue weighted by Crippen LogP contribution is 2.54. The summed E-state index contributed by atoms with van der Waals surface area (Å²) in [5, 5.41) is 7.05. The zero-order valence-electron chi connectivity index (χ0n) is 23.4. The Balaban J connectivity index is 1.16. The van der Waals surface area contributed by atoms with Gasteiger partial charge in [0.15, 0.2) is 0 Å². The van der Waals surface area contributed by atoms with E-state index in [0.717, 1.165) is 38.8 Å². The number of hydrazine groups is 1. The minimum Gasteiger partial charge on any atom is -0.456 e. The van der Waals surface area contributed by atoms with Crippen LogP contribution in [0.4, 0.5) is 5.69 Å². The lowest BCUT2D eigenvalue weighted by atomic mass is 9.75. The molecule has 3 unspecified atom stereocenters. The third-order valence-corrected chi connectivity index (χ3v) is 9.28. The Kier molecular flexibility index (Phi) is 5.28. The normalized spacial score (nSPS) is 23.0. The van der Waals surface area contributed by atoms with Crippen LogP contribution in [-0.2, 0) is 0 Å². The Morgan fingerprint density at radius 3 is 2.51 bits per heavy atom. The van der Waals surface area contributed by atoms with Crippen molar-refractivity contribution in [1.29, 1.82) is 0 Å². The molecule has 1 aromatic heterocycles. The first-order valence-electron chi connectivity index (χ1n) is 14.9. The number of allylic oxidation sites excluding steroid dienone is 10. The Hall–Kier alpha value is -5.32. The second-order valence-electron chi connectivity index (χ2n) is 11.6. The van der Waals surface area contributed by atoms with Gasteiger partial charge in [-0.15, -0.1) is 0 Å². The Morgan fingerprint density at radius 1 is 0.744 bits per heavy atom. The van der Waals surface area contributed by atoms with Crippen molar-refractivity contribution in [3.8, 4) is 0 Å². The van der Waals surface area contributed by atoms with Gasteiger partial charge < -0.3 is 10.2 Å². The van der Waals surface area contributed by atoms with Crippen LogP contribution in [0, 0.1) is 5.92 Å². The molecule has 3 atom stereocenters. The van der Waals surface area contributed by atoms with E-state index >= 15 is 0 Å². The molecule has 0 amide bonds. The number of rotatable bonds is 3. The molecule has 3 N–H and O–H groups in total. The average molecular weight is 556 g/mol. The summed E-state index contributed by atoms with van der Waals surface area (Å²) in [5.41, 5.74) is 20.6. The predicted molar refractivity (Wildman–Crippen MR) is 177 cm³/mol. The first-order chi connectivity index (χ1) is 21.2. The molecule has 4 heteroatoms. The third-order valence-electron chi connectivity index (χ3n) is 9.28. The number of nitrogens with zero attached hydrogens (tertiary/aromatic N) is 1. The molecule has 5 aromatic rings. The van der Waals surface area contributed by atoms with Crippen molar-refractivity contribution in [3.63, 3.8) is 0 Å². The van der Waals surface area contributed by atoms with Gasteiger partial charge in [0.05, 0.1) is 11.7 Å². The Morgan fingerprint density at radius 2 is 1.56 bits per heavy atom. The van der Waals surface area contributed by atoms with E-state index in [1.165, 1.54) is 33.3 Å². The maximum absolute atomic E-state index is 6.99. The van der Waals surface area contributed by atoms with Crippen molar-refractivity contribution in [2.45, 2.75) is 12.0 Å². The van der Waals surface area contributed by atoms with Crippen LogP contribution in [0.25, 0.3) is 38.4 Å². The van der Waals surface area contributed by atoms with Gasteiger partial charge in [0.2, 0.25) is 0 Å². The number of nitrogens with two attached hydrogens (primary N) is 1. The minimum atomic E-state index is -0.118. The second-order valence-corrected chi connectivity index (χ2v) is 11.6. The van der Waals surface area contributed by atoms with Crippen molar-refractivity contribution in [3.05, 3.63) is 168 Å². The topological polar surface area (TPSA) is 54.4 Å². The summed E-state index contributed by atoms with van der Waals surface area (Å²) in [6.07, 6.45) is 21.9. The number of anilines is 1. The molecule has 4 nitrogen and oxygen atoms in total.